The summed E-state index contributed by atoms with van der Waals surface area (Å²) in [6, 6.07) is 19.9. The zero-order valence-corrected chi connectivity index (χ0v) is 12.5. The third kappa shape index (κ3) is 2.85. The molecule has 0 aliphatic rings. The molecular formula is C18H12N2O4. The normalized spacial score (nSPS) is 10.3. The lowest BCUT2D eigenvalue weighted by Crippen LogP contribution is -1.92. The SMILES string of the molecule is O=[N+]([O-])c1ccccc1-c1ccc(-c2ccccc2[N+](=O)[O-])cc1. The second-order valence-electron chi connectivity index (χ2n) is 5.13. The average molecular weight is 320 g/mol. The van der Waals surface area contributed by atoms with Gasteiger partial charge in [-0.1, -0.05) is 48.5 Å². The van der Waals surface area contributed by atoms with Crippen molar-refractivity contribution in [3.63, 3.8) is 0 Å². The van der Waals surface area contributed by atoms with Crippen molar-refractivity contribution in [2.75, 3.05) is 0 Å². The van der Waals surface area contributed by atoms with E-state index in [-0.39, 0.29) is 11.4 Å². The van der Waals surface area contributed by atoms with Crippen LogP contribution in [0.25, 0.3) is 22.3 Å². The third-order valence-corrected chi connectivity index (χ3v) is 3.71. The van der Waals surface area contributed by atoms with Crippen molar-refractivity contribution in [1.29, 1.82) is 0 Å². The lowest BCUT2D eigenvalue weighted by molar-refractivity contribution is -0.384. The van der Waals surface area contributed by atoms with E-state index in [2.05, 4.69) is 0 Å². The Kier molecular flexibility index (Phi) is 4.03. The molecule has 0 spiro atoms. The zero-order valence-electron chi connectivity index (χ0n) is 12.5. The molecule has 0 aromatic heterocycles. The van der Waals surface area contributed by atoms with Crippen LogP contribution in [-0.4, -0.2) is 9.85 Å². The van der Waals surface area contributed by atoms with E-state index in [1.165, 1.54) is 12.1 Å². The lowest BCUT2D eigenvalue weighted by Gasteiger charge is -2.06. The largest absolute Gasteiger partial charge is 0.277 e. The van der Waals surface area contributed by atoms with E-state index < -0.39 is 9.85 Å². The molecule has 0 N–H and O–H groups in total. The molecule has 6 heteroatoms. The van der Waals surface area contributed by atoms with E-state index in [1.54, 1.807) is 60.7 Å². The van der Waals surface area contributed by atoms with Gasteiger partial charge in [-0.05, 0) is 23.3 Å². The second-order valence-corrected chi connectivity index (χ2v) is 5.13. The van der Waals surface area contributed by atoms with E-state index in [0.717, 1.165) is 0 Å². The quantitative estimate of drug-likeness (QED) is 0.508. The van der Waals surface area contributed by atoms with Gasteiger partial charge in [-0.3, -0.25) is 20.2 Å². The summed E-state index contributed by atoms with van der Waals surface area (Å²) in [6.07, 6.45) is 0. The number of hydrogen-bond donors (Lipinski definition) is 0. The first-order valence-electron chi connectivity index (χ1n) is 7.15. The van der Waals surface area contributed by atoms with Crippen LogP contribution in [0.2, 0.25) is 0 Å². The monoisotopic (exact) mass is 320 g/mol. The van der Waals surface area contributed by atoms with Crippen LogP contribution in [0.15, 0.2) is 72.8 Å². The molecule has 0 unspecified atom stereocenters. The van der Waals surface area contributed by atoms with E-state index in [4.69, 9.17) is 0 Å². The predicted molar refractivity (Wildman–Crippen MR) is 90.6 cm³/mol. The highest BCUT2D eigenvalue weighted by Gasteiger charge is 2.16. The summed E-state index contributed by atoms with van der Waals surface area (Å²) < 4.78 is 0. The Labute approximate surface area is 137 Å². The summed E-state index contributed by atoms with van der Waals surface area (Å²) in [5, 5.41) is 22.3. The predicted octanol–water partition coefficient (Wildman–Crippen LogP) is 4.84. The standard InChI is InChI=1S/C18H12N2O4/c21-19(22)17-7-3-1-5-15(17)13-9-11-14(12-10-13)16-6-2-4-8-18(16)20(23)24/h1-12H. The maximum atomic E-state index is 11.1. The lowest BCUT2D eigenvalue weighted by atomic mass is 9.98. The smallest absolute Gasteiger partial charge is 0.258 e. The number of para-hydroxylation sites is 2. The molecule has 0 radical (unpaired) electrons. The van der Waals surface area contributed by atoms with Crippen LogP contribution >= 0.6 is 0 Å². The molecule has 0 saturated heterocycles. The van der Waals surface area contributed by atoms with Crippen molar-refractivity contribution in [3.05, 3.63) is 93.0 Å². The highest BCUT2D eigenvalue weighted by atomic mass is 16.6. The minimum Gasteiger partial charge on any atom is -0.258 e. The molecule has 0 heterocycles. The molecule has 6 nitrogen and oxygen atoms in total. The molecule has 0 aliphatic carbocycles. The van der Waals surface area contributed by atoms with Gasteiger partial charge in [-0.25, -0.2) is 0 Å². The Morgan fingerprint density at radius 1 is 0.542 bits per heavy atom. The summed E-state index contributed by atoms with van der Waals surface area (Å²) in [5.41, 5.74) is 2.44. The topological polar surface area (TPSA) is 86.3 Å². The van der Waals surface area contributed by atoms with Crippen molar-refractivity contribution < 1.29 is 9.85 Å². The van der Waals surface area contributed by atoms with Gasteiger partial charge in [0, 0.05) is 12.1 Å². The van der Waals surface area contributed by atoms with E-state index >= 15 is 0 Å². The number of nitro groups is 2. The van der Waals surface area contributed by atoms with Gasteiger partial charge in [-0.15, -0.1) is 0 Å². The van der Waals surface area contributed by atoms with Gasteiger partial charge in [0.05, 0.1) is 21.0 Å². The fourth-order valence-corrected chi connectivity index (χ4v) is 2.58. The van der Waals surface area contributed by atoms with Crippen molar-refractivity contribution >= 4 is 11.4 Å². The molecule has 0 amide bonds. The van der Waals surface area contributed by atoms with Gasteiger partial charge >= 0.3 is 0 Å². The molecule has 0 aliphatic heterocycles. The van der Waals surface area contributed by atoms with Gasteiger partial charge in [-0.2, -0.15) is 0 Å². The van der Waals surface area contributed by atoms with Crippen LogP contribution in [0.3, 0.4) is 0 Å². The number of nitro benzene ring substituents is 2. The van der Waals surface area contributed by atoms with Crippen LogP contribution in [0, 0.1) is 20.2 Å². The minimum atomic E-state index is -0.425. The summed E-state index contributed by atoms with van der Waals surface area (Å²) in [7, 11) is 0. The van der Waals surface area contributed by atoms with Gasteiger partial charge in [0.1, 0.15) is 0 Å². The summed E-state index contributed by atoms with van der Waals surface area (Å²) >= 11 is 0. The fourth-order valence-electron chi connectivity index (χ4n) is 2.58. The Balaban J connectivity index is 2.04. The molecule has 3 aromatic carbocycles. The van der Waals surface area contributed by atoms with Crippen LogP contribution in [0.5, 0.6) is 0 Å². The van der Waals surface area contributed by atoms with Gasteiger partial charge in [0.2, 0.25) is 0 Å². The Hall–Kier alpha value is -3.54. The highest BCUT2D eigenvalue weighted by Crippen LogP contribution is 2.33. The molecule has 0 fully saturated rings. The number of benzene rings is 3. The Morgan fingerprint density at radius 2 is 0.875 bits per heavy atom. The molecule has 3 rings (SSSR count). The number of nitrogens with zero attached hydrogens (tertiary/aromatic N) is 2. The van der Waals surface area contributed by atoms with E-state index in [1.807, 2.05) is 0 Å². The molecule has 3 aromatic rings. The fraction of sp³-hybridized carbons (Fsp3) is 0. The molecular weight excluding hydrogens is 308 g/mol. The minimum absolute atomic E-state index is 0.0240. The molecule has 24 heavy (non-hydrogen) atoms. The average Bonchev–Trinajstić information content (AvgIpc) is 2.62. The van der Waals surface area contributed by atoms with Gasteiger partial charge < -0.3 is 0 Å². The molecule has 0 atom stereocenters. The van der Waals surface area contributed by atoms with Crippen LogP contribution < -0.4 is 0 Å². The van der Waals surface area contributed by atoms with Crippen molar-refractivity contribution in [1.82, 2.24) is 0 Å². The first kappa shape index (κ1) is 15.4. The summed E-state index contributed by atoms with van der Waals surface area (Å²) in [6.45, 7) is 0. The van der Waals surface area contributed by atoms with E-state index in [9.17, 15) is 20.2 Å². The third-order valence-electron chi connectivity index (χ3n) is 3.71. The van der Waals surface area contributed by atoms with Crippen LogP contribution in [0.1, 0.15) is 0 Å². The molecule has 0 saturated carbocycles. The highest BCUT2D eigenvalue weighted by molar-refractivity contribution is 5.78. The summed E-state index contributed by atoms with van der Waals surface area (Å²) in [4.78, 5) is 21.4. The van der Waals surface area contributed by atoms with Gasteiger partial charge in [0.15, 0.2) is 0 Å². The van der Waals surface area contributed by atoms with Gasteiger partial charge in [0.25, 0.3) is 11.4 Å². The molecule has 0 bridgehead atoms. The maximum absolute atomic E-state index is 11.1. The van der Waals surface area contributed by atoms with Crippen molar-refractivity contribution in [3.8, 4) is 22.3 Å². The summed E-state index contributed by atoms with van der Waals surface area (Å²) in [5.74, 6) is 0. The first-order valence-corrected chi connectivity index (χ1v) is 7.15. The maximum Gasteiger partial charge on any atom is 0.277 e. The Bertz CT molecular complexity index is 844. The van der Waals surface area contributed by atoms with Crippen molar-refractivity contribution in [2.45, 2.75) is 0 Å². The number of rotatable bonds is 4. The second kappa shape index (κ2) is 6.29. The number of hydrogen-bond acceptors (Lipinski definition) is 4. The molecule has 118 valence electrons. The van der Waals surface area contributed by atoms with Crippen LogP contribution in [-0.2, 0) is 0 Å². The Morgan fingerprint density at radius 3 is 1.21 bits per heavy atom. The first-order chi connectivity index (χ1) is 11.6. The zero-order chi connectivity index (χ0) is 17.1. The van der Waals surface area contributed by atoms with Crippen LogP contribution in [0.4, 0.5) is 11.4 Å². The van der Waals surface area contributed by atoms with E-state index in [0.29, 0.717) is 22.3 Å². The van der Waals surface area contributed by atoms with Crippen molar-refractivity contribution in [2.24, 2.45) is 0 Å².